The van der Waals surface area contributed by atoms with Gasteiger partial charge in [0.15, 0.2) is 5.88 Å². The van der Waals surface area contributed by atoms with E-state index in [9.17, 15) is 17.8 Å². The predicted octanol–water partition coefficient (Wildman–Crippen LogP) is 4.12. The van der Waals surface area contributed by atoms with E-state index >= 15 is 0 Å². The number of hydrogen-bond donors (Lipinski definition) is 2. The molecule has 7 nitrogen and oxygen atoms in total. The lowest BCUT2D eigenvalue weighted by atomic mass is 10.1. The molecular formula is C22H26N2O5S2. The highest BCUT2D eigenvalue weighted by molar-refractivity contribution is 7.95. The molecule has 0 aliphatic heterocycles. The van der Waals surface area contributed by atoms with E-state index in [1.807, 2.05) is 32.1 Å². The largest absolute Gasteiger partial charge is 0.610 e. The van der Waals surface area contributed by atoms with Gasteiger partial charge < -0.3 is 14.1 Å². The number of anilines is 1. The fraction of sp³-hybridized carbons (Fsp3) is 0.318. The van der Waals surface area contributed by atoms with Crippen LogP contribution in [0.15, 0.2) is 70.7 Å². The first-order valence-electron chi connectivity index (χ1n) is 9.91. The summed E-state index contributed by atoms with van der Waals surface area (Å²) in [5, 5.41) is 4.43. The quantitative estimate of drug-likeness (QED) is 0.468. The molecule has 9 heteroatoms. The third-order valence-corrected chi connectivity index (χ3v) is 7.74. The summed E-state index contributed by atoms with van der Waals surface area (Å²) in [4.78, 5) is 13.0. The predicted molar refractivity (Wildman–Crippen MR) is 124 cm³/mol. The molecule has 1 aromatic rings. The van der Waals surface area contributed by atoms with Crippen LogP contribution in [0.3, 0.4) is 0 Å². The first-order valence-corrected chi connectivity index (χ1v) is 12.7. The summed E-state index contributed by atoms with van der Waals surface area (Å²) in [6, 6.07) is 5.60. The Labute approximate surface area is 186 Å². The van der Waals surface area contributed by atoms with Crippen molar-refractivity contribution in [2.24, 2.45) is 0 Å². The van der Waals surface area contributed by atoms with E-state index in [0.717, 1.165) is 23.3 Å². The molecule has 2 N–H and O–H groups in total. The second-order valence-electron chi connectivity index (χ2n) is 7.45. The Morgan fingerprint density at radius 1 is 1.26 bits per heavy atom. The van der Waals surface area contributed by atoms with Gasteiger partial charge in [0.1, 0.15) is 15.9 Å². The highest BCUT2D eigenvalue weighted by Gasteiger charge is 2.26. The van der Waals surface area contributed by atoms with E-state index in [0.29, 0.717) is 12.1 Å². The maximum atomic E-state index is 12.5. The summed E-state index contributed by atoms with van der Waals surface area (Å²) in [6.45, 7) is 3.93. The minimum Gasteiger partial charge on any atom is -0.610 e. The SMILES string of the molecule is CC1=CCC(S(=O)(=O)Oc2cccc(NC(=O)NC[S+]([O-])C3=CC=C(C)CC3)c2)C=C1. The number of carbonyl (C=O) groups excluding carboxylic acids is 1. The van der Waals surface area contributed by atoms with Gasteiger partial charge in [-0.3, -0.25) is 5.32 Å². The van der Waals surface area contributed by atoms with Gasteiger partial charge in [-0.1, -0.05) is 41.5 Å². The Kier molecular flexibility index (Phi) is 7.64. The van der Waals surface area contributed by atoms with Gasteiger partial charge in [0.2, 0.25) is 0 Å². The van der Waals surface area contributed by atoms with Crippen LogP contribution in [0.25, 0.3) is 0 Å². The van der Waals surface area contributed by atoms with E-state index in [-0.39, 0.29) is 11.6 Å². The summed E-state index contributed by atoms with van der Waals surface area (Å²) in [6.07, 6.45) is 10.9. The Bertz CT molecular complexity index is 1060. The number of rotatable bonds is 7. The minimum absolute atomic E-state index is 0.00390. The van der Waals surface area contributed by atoms with Gasteiger partial charge in [0.05, 0.1) is 0 Å². The second-order valence-corrected chi connectivity index (χ2v) is 10.7. The molecule has 2 amide bonds. The van der Waals surface area contributed by atoms with Crippen molar-refractivity contribution in [1.82, 2.24) is 5.32 Å². The van der Waals surface area contributed by atoms with Crippen molar-refractivity contribution < 1.29 is 21.9 Å². The molecule has 0 aromatic heterocycles. The van der Waals surface area contributed by atoms with Crippen molar-refractivity contribution in [3.05, 3.63) is 70.7 Å². The summed E-state index contributed by atoms with van der Waals surface area (Å²) in [5.41, 5.74) is 2.61. The van der Waals surface area contributed by atoms with Gasteiger partial charge >= 0.3 is 16.1 Å². The lowest BCUT2D eigenvalue weighted by Crippen LogP contribution is -2.34. The molecule has 0 saturated carbocycles. The molecule has 2 aliphatic carbocycles. The van der Waals surface area contributed by atoms with Gasteiger partial charge in [-0.05, 0) is 44.9 Å². The molecule has 0 bridgehead atoms. The molecule has 3 rings (SSSR count). The zero-order chi connectivity index (χ0) is 22.4. The molecule has 2 atom stereocenters. The van der Waals surface area contributed by atoms with Gasteiger partial charge in [0, 0.05) is 29.4 Å². The van der Waals surface area contributed by atoms with E-state index in [1.54, 1.807) is 24.3 Å². The zero-order valence-electron chi connectivity index (χ0n) is 17.5. The van der Waals surface area contributed by atoms with Crippen molar-refractivity contribution >= 4 is 33.0 Å². The number of urea groups is 1. The lowest BCUT2D eigenvalue weighted by Gasteiger charge is -2.17. The van der Waals surface area contributed by atoms with Crippen LogP contribution in [-0.4, -0.2) is 30.1 Å². The van der Waals surface area contributed by atoms with Crippen molar-refractivity contribution in [2.75, 3.05) is 11.2 Å². The Balaban J connectivity index is 1.54. The Hall–Kier alpha value is -2.49. The van der Waals surface area contributed by atoms with E-state index in [4.69, 9.17) is 4.18 Å². The standard InChI is InChI=1S/C22H26N2O5S2/c1-16-6-10-20(11-7-16)30(26)15-23-22(25)24-18-4-3-5-19(14-18)29-31(27,28)21-12-8-17(2)9-13-21/h3-6,8-10,12,14,21H,7,11,13,15H2,1-2H3,(H2,23,24,25). The van der Waals surface area contributed by atoms with Crippen LogP contribution in [0.4, 0.5) is 10.5 Å². The second kappa shape index (κ2) is 10.2. The van der Waals surface area contributed by atoms with Crippen LogP contribution >= 0.6 is 0 Å². The molecular weight excluding hydrogens is 436 g/mol. The molecule has 0 radical (unpaired) electrons. The molecule has 0 fully saturated rings. The van der Waals surface area contributed by atoms with E-state index in [2.05, 4.69) is 10.6 Å². The molecule has 166 valence electrons. The number of benzene rings is 1. The maximum absolute atomic E-state index is 12.5. The molecule has 0 saturated heterocycles. The maximum Gasteiger partial charge on any atom is 0.322 e. The average molecular weight is 463 g/mol. The van der Waals surface area contributed by atoms with E-state index in [1.165, 1.54) is 17.7 Å². The van der Waals surface area contributed by atoms with Gasteiger partial charge in [-0.15, -0.1) is 0 Å². The third-order valence-electron chi connectivity index (χ3n) is 4.90. The normalized spacial score (nSPS) is 19.6. The monoisotopic (exact) mass is 462 g/mol. The van der Waals surface area contributed by atoms with Crippen LogP contribution in [-0.2, 0) is 21.3 Å². The number of hydrogen-bond acceptors (Lipinski definition) is 5. The first-order chi connectivity index (χ1) is 14.7. The average Bonchev–Trinajstić information content (AvgIpc) is 2.73. The Morgan fingerprint density at radius 3 is 2.74 bits per heavy atom. The van der Waals surface area contributed by atoms with Crippen molar-refractivity contribution in [3.8, 4) is 5.75 Å². The number of amides is 2. The van der Waals surface area contributed by atoms with Gasteiger partial charge in [-0.25, -0.2) is 4.79 Å². The summed E-state index contributed by atoms with van der Waals surface area (Å²) in [5.74, 6) is 0.103. The van der Waals surface area contributed by atoms with Gasteiger partial charge in [-0.2, -0.15) is 8.42 Å². The number of carbonyl (C=O) groups is 1. The highest BCUT2D eigenvalue weighted by atomic mass is 32.2. The third kappa shape index (κ3) is 6.75. The van der Waals surface area contributed by atoms with Crippen LogP contribution < -0.4 is 14.8 Å². The van der Waals surface area contributed by atoms with Gasteiger partial charge in [0.25, 0.3) is 0 Å². The smallest absolute Gasteiger partial charge is 0.322 e. The van der Waals surface area contributed by atoms with Crippen LogP contribution in [0.2, 0.25) is 0 Å². The summed E-state index contributed by atoms with van der Waals surface area (Å²) >= 11 is -1.29. The topological polar surface area (TPSA) is 108 Å². The highest BCUT2D eigenvalue weighted by Crippen LogP contribution is 2.24. The molecule has 31 heavy (non-hydrogen) atoms. The van der Waals surface area contributed by atoms with Crippen molar-refractivity contribution in [3.63, 3.8) is 0 Å². The zero-order valence-corrected chi connectivity index (χ0v) is 19.1. The molecule has 2 aliphatic rings. The molecule has 0 spiro atoms. The van der Waals surface area contributed by atoms with Crippen LogP contribution in [0.1, 0.15) is 33.1 Å². The fourth-order valence-electron chi connectivity index (χ4n) is 3.05. The van der Waals surface area contributed by atoms with Crippen LogP contribution in [0, 0.1) is 0 Å². The lowest BCUT2D eigenvalue weighted by molar-refractivity contribution is 0.253. The van der Waals surface area contributed by atoms with E-state index < -0.39 is 32.6 Å². The minimum atomic E-state index is -3.85. The summed E-state index contributed by atoms with van der Waals surface area (Å²) < 4.78 is 42.6. The van der Waals surface area contributed by atoms with Crippen molar-refractivity contribution in [1.29, 1.82) is 0 Å². The number of nitrogens with one attached hydrogen (secondary N) is 2. The fourth-order valence-corrected chi connectivity index (χ4v) is 5.15. The van der Waals surface area contributed by atoms with Crippen LogP contribution in [0.5, 0.6) is 5.75 Å². The molecule has 0 heterocycles. The first kappa shape index (κ1) is 23.2. The van der Waals surface area contributed by atoms with Crippen molar-refractivity contribution in [2.45, 2.75) is 38.4 Å². The summed E-state index contributed by atoms with van der Waals surface area (Å²) in [7, 11) is -3.85. The molecule has 1 aromatic carbocycles. The Morgan fingerprint density at radius 2 is 2.06 bits per heavy atom. The molecule has 2 unspecified atom stereocenters. The number of allylic oxidation sites excluding steroid dienone is 7.